The van der Waals surface area contributed by atoms with Crippen molar-refractivity contribution in [2.45, 2.75) is 33.2 Å². The zero-order chi connectivity index (χ0) is 12.1. The first-order valence-corrected chi connectivity index (χ1v) is 6.25. The van der Waals surface area contributed by atoms with Gasteiger partial charge in [0.05, 0.1) is 6.54 Å². The van der Waals surface area contributed by atoms with E-state index in [1.807, 2.05) is 0 Å². The molecule has 0 bridgehead atoms. The molecule has 1 amide bonds. The van der Waals surface area contributed by atoms with E-state index in [2.05, 4.69) is 31.0 Å². The Hall–Kier alpha value is -0.610. The fraction of sp³-hybridized carbons (Fsp3) is 0.917. The lowest BCUT2D eigenvalue weighted by Gasteiger charge is -2.40. The quantitative estimate of drug-likeness (QED) is 0.732. The van der Waals surface area contributed by atoms with Gasteiger partial charge in [0.15, 0.2) is 0 Å². The molecule has 1 rings (SSSR count). The monoisotopic (exact) mass is 227 g/mol. The van der Waals surface area contributed by atoms with Crippen LogP contribution in [-0.4, -0.2) is 43.0 Å². The Labute approximate surface area is 98.6 Å². The van der Waals surface area contributed by atoms with Gasteiger partial charge < -0.3 is 11.1 Å². The summed E-state index contributed by atoms with van der Waals surface area (Å²) in [5.41, 5.74) is 5.35. The molecule has 0 spiro atoms. The van der Waals surface area contributed by atoms with E-state index in [-0.39, 0.29) is 5.91 Å². The van der Waals surface area contributed by atoms with Crippen molar-refractivity contribution >= 4 is 5.91 Å². The molecule has 4 nitrogen and oxygen atoms in total. The fourth-order valence-electron chi connectivity index (χ4n) is 2.49. The van der Waals surface area contributed by atoms with E-state index in [0.29, 0.717) is 37.5 Å². The number of nitrogens with one attached hydrogen (secondary N) is 1. The number of amides is 1. The van der Waals surface area contributed by atoms with Gasteiger partial charge in [0.1, 0.15) is 0 Å². The van der Waals surface area contributed by atoms with Crippen molar-refractivity contribution in [2.24, 2.45) is 17.6 Å². The maximum Gasteiger partial charge on any atom is 0.234 e. The Balaban J connectivity index is 2.42. The van der Waals surface area contributed by atoms with Crippen LogP contribution < -0.4 is 11.1 Å². The van der Waals surface area contributed by atoms with Gasteiger partial charge in [0, 0.05) is 25.7 Å². The summed E-state index contributed by atoms with van der Waals surface area (Å²) in [7, 11) is 0. The lowest BCUT2D eigenvalue weighted by molar-refractivity contribution is -0.123. The van der Waals surface area contributed by atoms with Crippen molar-refractivity contribution in [2.75, 3.05) is 26.2 Å². The SMILES string of the molecule is CC1CC(C)C(C)N(CC(=O)NCCN)C1. The average molecular weight is 227 g/mol. The molecule has 1 saturated heterocycles. The topological polar surface area (TPSA) is 58.4 Å². The number of rotatable bonds is 4. The summed E-state index contributed by atoms with van der Waals surface area (Å²) in [5.74, 6) is 1.46. The maximum absolute atomic E-state index is 11.6. The molecular formula is C12H25N3O. The van der Waals surface area contributed by atoms with E-state index in [1.54, 1.807) is 0 Å². The van der Waals surface area contributed by atoms with Gasteiger partial charge in [-0.15, -0.1) is 0 Å². The molecule has 3 N–H and O–H groups in total. The van der Waals surface area contributed by atoms with Crippen molar-refractivity contribution < 1.29 is 4.79 Å². The summed E-state index contributed by atoms with van der Waals surface area (Å²) in [6.45, 7) is 9.36. The first-order chi connectivity index (χ1) is 7.54. The molecule has 94 valence electrons. The first-order valence-electron chi connectivity index (χ1n) is 6.25. The standard InChI is InChI=1S/C12H25N3O/c1-9-6-10(2)11(3)15(7-9)8-12(16)14-5-4-13/h9-11H,4-8,13H2,1-3H3,(H,14,16). The minimum atomic E-state index is 0.0959. The molecule has 1 fully saturated rings. The highest BCUT2D eigenvalue weighted by Gasteiger charge is 2.29. The van der Waals surface area contributed by atoms with Crippen molar-refractivity contribution in [3.05, 3.63) is 0 Å². The summed E-state index contributed by atoms with van der Waals surface area (Å²) < 4.78 is 0. The zero-order valence-corrected chi connectivity index (χ0v) is 10.7. The third kappa shape index (κ3) is 3.76. The van der Waals surface area contributed by atoms with Gasteiger partial charge in [-0.2, -0.15) is 0 Å². The van der Waals surface area contributed by atoms with Gasteiger partial charge in [-0.05, 0) is 25.2 Å². The van der Waals surface area contributed by atoms with Crippen LogP contribution in [0, 0.1) is 11.8 Å². The van der Waals surface area contributed by atoms with E-state index in [4.69, 9.17) is 5.73 Å². The predicted molar refractivity (Wildman–Crippen MR) is 66.0 cm³/mol. The minimum Gasteiger partial charge on any atom is -0.354 e. The molecule has 0 aromatic carbocycles. The molecule has 1 aliphatic heterocycles. The molecule has 0 saturated carbocycles. The third-order valence-corrected chi connectivity index (χ3v) is 3.53. The Morgan fingerprint density at radius 3 is 2.75 bits per heavy atom. The van der Waals surface area contributed by atoms with Gasteiger partial charge in [-0.3, -0.25) is 9.69 Å². The molecule has 0 radical (unpaired) electrons. The van der Waals surface area contributed by atoms with Gasteiger partial charge in [-0.25, -0.2) is 0 Å². The highest BCUT2D eigenvalue weighted by Crippen LogP contribution is 2.26. The Bertz CT molecular complexity index is 232. The van der Waals surface area contributed by atoms with Gasteiger partial charge in [0.2, 0.25) is 5.91 Å². The molecule has 3 unspecified atom stereocenters. The van der Waals surface area contributed by atoms with Crippen LogP contribution in [0.2, 0.25) is 0 Å². The third-order valence-electron chi connectivity index (χ3n) is 3.53. The Kier molecular flexibility index (Phi) is 5.22. The number of nitrogens with zero attached hydrogens (tertiary/aromatic N) is 1. The highest BCUT2D eigenvalue weighted by atomic mass is 16.2. The number of likely N-dealkylation sites (tertiary alicyclic amines) is 1. The predicted octanol–water partition coefficient (Wildman–Crippen LogP) is 0.428. The molecule has 0 aromatic rings. The van der Waals surface area contributed by atoms with Crippen LogP contribution in [0.5, 0.6) is 0 Å². The van der Waals surface area contributed by atoms with Crippen LogP contribution in [0.25, 0.3) is 0 Å². The number of hydrogen-bond acceptors (Lipinski definition) is 3. The molecule has 0 aliphatic carbocycles. The highest BCUT2D eigenvalue weighted by molar-refractivity contribution is 5.78. The largest absolute Gasteiger partial charge is 0.354 e. The van der Waals surface area contributed by atoms with E-state index < -0.39 is 0 Å². The molecule has 1 heterocycles. The summed E-state index contributed by atoms with van der Waals surface area (Å²) in [6.07, 6.45) is 1.27. The molecule has 0 aromatic heterocycles. The van der Waals surface area contributed by atoms with Crippen LogP contribution in [0.15, 0.2) is 0 Å². The van der Waals surface area contributed by atoms with E-state index >= 15 is 0 Å². The first kappa shape index (κ1) is 13.5. The minimum absolute atomic E-state index is 0.0959. The molecule has 3 atom stereocenters. The lowest BCUT2D eigenvalue weighted by atomic mass is 9.86. The van der Waals surface area contributed by atoms with Crippen LogP contribution >= 0.6 is 0 Å². The van der Waals surface area contributed by atoms with Crippen molar-refractivity contribution in [3.63, 3.8) is 0 Å². The van der Waals surface area contributed by atoms with Crippen LogP contribution in [0.4, 0.5) is 0 Å². The second-order valence-corrected chi connectivity index (χ2v) is 5.13. The maximum atomic E-state index is 11.6. The smallest absolute Gasteiger partial charge is 0.234 e. The summed E-state index contributed by atoms with van der Waals surface area (Å²) in [5, 5.41) is 2.82. The Morgan fingerprint density at radius 1 is 1.44 bits per heavy atom. The van der Waals surface area contributed by atoms with Crippen molar-refractivity contribution in [1.82, 2.24) is 10.2 Å². The Morgan fingerprint density at radius 2 is 2.12 bits per heavy atom. The number of carbonyl (C=O) groups excluding carboxylic acids is 1. The van der Waals surface area contributed by atoms with Crippen molar-refractivity contribution in [1.29, 1.82) is 0 Å². The fourth-order valence-corrected chi connectivity index (χ4v) is 2.49. The number of nitrogens with two attached hydrogens (primary N) is 1. The van der Waals surface area contributed by atoms with Gasteiger partial charge in [-0.1, -0.05) is 13.8 Å². The van der Waals surface area contributed by atoms with Gasteiger partial charge in [0.25, 0.3) is 0 Å². The van der Waals surface area contributed by atoms with Gasteiger partial charge >= 0.3 is 0 Å². The van der Waals surface area contributed by atoms with Crippen LogP contribution in [0.1, 0.15) is 27.2 Å². The van der Waals surface area contributed by atoms with Crippen LogP contribution in [-0.2, 0) is 4.79 Å². The van der Waals surface area contributed by atoms with Crippen LogP contribution in [0.3, 0.4) is 0 Å². The second kappa shape index (κ2) is 6.21. The van der Waals surface area contributed by atoms with Crippen molar-refractivity contribution in [3.8, 4) is 0 Å². The lowest BCUT2D eigenvalue weighted by Crippen LogP contribution is -2.50. The second-order valence-electron chi connectivity index (χ2n) is 5.13. The van der Waals surface area contributed by atoms with E-state index in [0.717, 1.165) is 6.54 Å². The molecule has 16 heavy (non-hydrogen) atoms. The summed E-state index contributed by atoms with van der Waals surface area (Å²) >= 11 is 0. The normalized spacial score (nSPS) is 31.4. The average Bonchev–Trinajstić information content (AvgIpc) is 2.22. The summed E-state index contributed by atoms with van der Waals surface area (Å²) in [4.78, 5) is 13.9. The number of hydrogen-bond donors (Lipinski definition) is 2. The number of carbonyl (C=O) groups is 1. The molecule has 1 aliphatic rings. The molecular weight excluding hydrogens is 202 g/mol. The van der Waals surface area contributed by atoms with E-state index in [9.17, 15) is 4.79 Å². The van der Waals surface area contributed by atoms with E-state index in [1.165, 1.54) is 6.42 Å². The zero-order valence-electron chi connectivity index (χ0n) is 10.7. The molecule has 4 heteroatoms. The number of piperidine rings is 1. The summed E-state index contributed by atoms with van der Waals surface area (Å²) in [6, 6.07) is 0.500.